The van der Waals surface area contributed by atoms with E-state index >= 15 is 0 Å². The molecule has 0 bridgehead atoms. The fourth-order valence-electron chi connectivity index (χ4n) is 3.94. The van der Waals surface area contributed by atoms with Gasteiger partial charge in [0.2, 0.25) is 0 Å². The zero-order chi connectivity index (χ0) is 19.5. The molecule has 0 aliphatic carbocycles. The number of nitrogens with one attached hydrogen (secondary N) is 1. The Kier molecular flexibility index (Phi) is 5.67. The van der Waals surface area contributed by atoms with E-state index in [0.717, 1.165) is 62.0 Å². The van der Waals surface area contributed by atoms with Crippen LogP contribution in [0.2, 0.25) is 0 Å². The summed E-state index contributed by atoms with van der Waals surface area (Å²) in [5.74, 6) is -0.118. The lowest BCUT2D eigenvalue weighted by Crippen LogP contribution is -2.30. The van der Waals surface area contributed by atoms with Crippen LogP contribution in [-0.2, 0) is 0 Å². The maximum absolute atomic E-state index is 13.2. The van der Waals surface area contributed by atoms with Gasteiger partial charge in [0.1, 0.15) is 0 Å². The van der Waals surface area contributed by atoms with Crippen LogP contribution < -0.4 is 10.2 Å². The highest BCUT2D eigenvalue weighted by Gasteiger charge is 2.25. The third-order valence-corrected chi connectivity index (χ3v) is 5.90. The van der Waals surface area contributed by atoms with Crippen LogP contribution >= 0.6 is 15.9 Å². The molecule has 2 aromatic carbocycles. The smallest absolute Gasteiger partial charge is 0.256 e. The zero-order valence-corrected chi connectivity index (χ0v) is 17.4. The van der Waals surface area contributed by atoms with Crippen molar-refractivity contribution in [2.24, 2.45) is 0 Å². The van der Waals surface area contributed by atoms with E-state index in [1.54, 1.807) is 12.1 Å². The Labute approximate surface area is 173 Å². The highest BCUT2D eigenvalue weighted by atomic mass is 79.9. The van der Waals surface area contributed by atoms with Crippen molar-refractivity contribution in [2.45, 2.75) is 25.7 Å². The minimum atomic E-state index is -0.185. The molecule has 2 fully saturated rings. The maximum Gasteiger partial charge on any atom is 0.256 e. The molecule has 5 nitrogen and oxygen atoms in total. The molecule has 0 aromatic heterocycles. The van der Waals surface area contributed by atoms with E-state index in [9.17, 15) is 9.59 Å². The molecule has 1 N–H and O–H groups in total. The maximum atomic E-state index is 13.2. The molecule has 6 heteroatoms. The number of anilines is 2. The first kappa shape index (κ1) is 19.0. The molecule has 2 amide bonds. The van der Waals surface area contributed by atoms with E-state index in [0.29, 0.717) is 16.8 Å². The van der Waals surface area contributed by atoms with Gasteiger partial charge in [-0.05, 0) is 62.1 Å². The summed E-state index contributed by atoms with van der Waals surface area (Å²) in [5.41, 5.74) is 2.89. The van der Waals surface area contributed by atoms with Crippen LogP contribution in [0.25, 0.3) is 0 Å². The fraction of sp³-hybridized carbons (Fsp3) is 0.364. The number of nitrogens with zero attached hydrogens (tertiary/aromatic N) is 2. The summed E-state index contributed by atoms with van der Waals surface area (Å²) in [6.07, 6.45) is 4.42. The van der Waals surface area contributed by atoms with Crippen molar-refractivity contribution < 1.29 is 9.59 Å². The van der Waals surface area contributed by atoms with Crippen LogP contribution in [-0.4, -0.2) is 42.9 Å². The molecule has 2 aliphatic heterocycles. The van der Waals surface area contributed by atoms with Crippen LogP contribution in [0.1, 0.15) is 46.4 Å². The van der Waals surface area contributed by atoms with Gasteiger partial charge in [0.15, 0.2) is 0 Å². The number of rotatable bonds is 4. The first-order chi connectivity index (χ1) is 13.6. The third-order valence-electron chi connectivity index (χ3n) is 5.41. The summed E-state index contributed by atoms with van der Waals surface area (Å²) in [7, 11) is 0. The minimum Gasteiger partial charge on any atom is -0.371 e. The fourth-order valence-corrected chi connectivity index (χ4v) is 4.34. The second kappa shape index (κ2) is 8.35. The second-order valence-corrected chi connectivity index (χ2v) is 8.31. The Morgan fingerprint density at radius 2 is 1.61 bits per heavy atom. The molecule has 4 rings (SSSR count). The average Bonchev–Trinajstić information content (AvgIpc) is 3.41. The second-order valence-electron chi connectivity index (χ2n) is 7.39. The summed E-state index contributed by atoms with van der Waals surface area (Å²) < 4.78 is 0.856. The third kappa shape index (κ3) is 4.07. The Bertz CT molecular complexity index is 887. The van der Waals surface area contributed by atoms with E-state index in [1.165, 1.54) is 0 Å². The van der Waals surface area contributed by atoms with Crippen LogP contribution in [0, 0.1) is 0 Å². The van der Waals surface area contributed by atoms with Crippen molar-refractivity contribution in [3.05, 3.63) is 58.1 Å². The number of amides is 2. The summed E-state index contributed by atoms with van der Waals surface area (Å²) in [6, 6.07) is 13.0. The molecular formula is C22H24BrN3O2. The topological polar surface area (TPSA) is 52.7 Å². The van der Waals surface area contributed by atoms with Crippen molar-refractivity contribution in [2.75, 3.05) is 36.4 Å². The summed E-state index contributed by atoms with van der Waals surface area (Å²) in [4.78, 5) is 30.0. The highest BCUT2D eigenvalue weighted by Crippen LogP contribution is 2.30. The largest absolute Gasteiger partial charge is 0.371 e. The van der Waals surface area contributed by atoms with Gasteiger partial charge in [-0.15, -0.1) is 0 Å². The van der Waals surface area contributed by atoms with Gasteiger partial charge in [0, 0.05) is 47.6 Å². The minimum absolute atomic E-state index is 0.0676. The van der Waals surface area contributed by atoms with Gasteiger partial charge >= 0.3 is 0 Å². The Morgan fingerprint density at radius 3 is 2.32 bits per heavy atom. The first-order valence-electron chi connectivity index (χ1n) is 9.87. The Balaban J connectivity index is 1.62. The van der Waals surface area contributed by atoms with Gasteiger partial charge in [0.25, 0.3) is 11.8 Å². The number of carbonyl (C=O) groups is 2. The molecule has 2 aromatic rings. The lowest BCUT2D eigenvalue weighted by atomic mass is 10.1. The van der Waals surface area contributed by atoms with Gasteiger partial charge in [0.05, 0.1) is 5.56 Å². The number of hydrogen-bond acceptors (Lipinski definition) is 3. The SMILES string of the molecule is O=C(Nc1ccc(N2CCCC2)c(C(=O)N2CCCC2)c1)c1cccc(Br)c1. The molecule has 2 heterocycles. The monoisotopic (exact) mass is 441 g/mol. The molecule has 0 unspecified atom stereocenters. The van der Waals surface area contributed by atoms with Crippen molar-refractivity contribution in [1.29, 1.82) is 0 Å². The van der Waals surface area contributed by atoms with Gasteiger partial charge < -0.3 is 15.1 Å². The quantitative estimate of drug-likeness (QED) is 0.757. The standard InChI is InChI=1S/C22H24BrN3O2/c23-17-7-5-6-16(14-17)21(27)24-18-8-9-20(25-10-1-2-11-25)19(15-18)22(28)26-12-3-4-13-26/h5-9,14-15H,1-4,10-13H2,(H,24,27). The predicted octanol–water partition coefficient (Wildman–Crippen LogP) is 4.54. The predicted molar refractivity (Wildman–Crippen MR) is 115 cm³/mol. The van der Waals surface area contributed by atoms with Gasteiger partial charge in [-0.3, -0.25) is 9.59 Å². The summed E-state index contributed by atoms with van der Waals surface area (Å²) in [5, 5.41) is 2.94. The molecule has 0 spiro atoms. The van der Waals surface area contributed by atoms with Crippen molar-refractivity contribution in [1.82, 2.24) is 4.90 Å². The lowest BCUT2D eigenvalue weighted by molar-refractivity contribution is 0.0793. The van der Waals surface area contributed by atoms with Crippen LogP contribution in [0.5, 0.6) is 0 Å². The zero-order valence-electron chi connectivity index (χ0n) is 15.8. The normalized spacial score (nSPS) is 16.5. The van der Waals surface area contributed by atoms with Gasteiger partial charge in [-0.1, -0.05) is 22.0 Å². The molecule has 2 saturated heterocycles. The number of likely N-dealkylation sites (tertiary alicyclic amines) is 1. The van der Waals surface area contributed by atoms with E-state index in [4.69, 9.17) is 0 Å². The van der Waals surface area contributed by atoms with Gasteiger partial charge in [-0.2, -0.15) is 0 Å². The first-order valence-corrected chi connectivity index (χ1v) is 10.7. The molecule has 28 heavy (non-hydrogen) atoms. The van der Waals surface area contributed by atoms with Crippen LogP contribution in [0.15, 0.2) is 46.9 Å². The van der Waals surface area contributed by atoms with E-state index in [2.05, 4.69) is 26.1 Å². The van der Waals surface area contributed by atoms with Crippen molar-refractivity contribution >= 4 is 39.1 Å². The average molecular weight is 442 g/mol. The molecule has 0 saturated carbocycles. The van der Waals surface area contributed by atoms with Crippen molar-refractivity contribution in [3.8, 4) is 0 Å². The van der Waals surface area contributed by atoms with Crippen molar-refractivity contribution in [3.63, 3.8) is 0 Å². The molecule has 0 atom stereocenters. The van der Waals surface area contributed by atoms with Crippen LogP contribution in [0.4, 0.5) is 11.4 Å². The number of hydrogen-bond donors (Lipinski definition) is 1. The van der Waals surface area contributed by atoms with Gasteiger partial charge in [-0.25, -0.2) is 0 Å². The Hall–Kier alpha value is -2.34. The number of halogens is 1. The van der Waals surface area contributed by atoms with E-state index < -0.39 is 0 Å². The van der Waals surface area contributed by atoms with E-state index in [-0.39, 0.29) is 11.8 Å². The molecule has 146 valence electrons. The summed E-state index contributed by atoms with van der Waals surface area (Å²) >= 11 is 3.40. The molecule has 0 radical (unpaired) electrons. The lowest BCUT2D eigenvalue weighted by Gasteiger charge is -2.24. The Morgan fingerprint density at radius 1 is 0.893 bits per heavy atom. The number of benzene rings is 2. The molecule has 2 aliphatic rings. The number of carbonyl (C=O) groups excluding carboxylic acids is 2. The summed E-state index contributed by atoms with van der Waals surface area (Å²) in [6.45, 7) is 3.58. The molecular weight excluding hydrogens is 418 g/mol. The van der Waals surface area contributed by atoms with E-state index in [1.807, 2.05) is 35.2 Å². The highest BCUT2D eigenvalue weighted by molar-refractivity contribution is 9.10. The van der Waals surface area contributed by atoms with Crippen LogP contribution in [0.3, 0.4) is 0 Å².